The molecule has 0 spiro atoms. The first kappa shape index (κ1) is 14.6. The number of aryl methyl sites for hydroxylation is 1. The third kappa shape index (κ3) is 3.46. The van der Waals surface area contributed by atoms with Crippen LogP contribution in [-0.4, -0.2) is 54.6 Å². The van der Waals surface area contributed by atoms with Gasteiger partial charge >= 0.3 is 0 Å². The Kier molecular flexibility index (Phi) is 4.58. The smallest absolute Gasteiger partial charge is 0.224 e. The second kappa shape index (κ2) is 6.60. The molecule has 1 N–H and O–H groups in total. The molecule has 2 aliphatic heterocycles. The van der Waals surface area contributed by atoms with Crippen LogP contribution in [0.4, 0.5) is 11.8 Å². The number of nitrogens with one attached hydrogen (secondary N) is 1. The van der Waals surface area contributed by atoms with E-state index in [0.717, 1.165) is 30.8 Å². The molecule has 0 bridgehead atoms. The molecule has 116 valence electrons. The molecule has 0 unspecified atom stereocenters. The summed E-state index contributed by atoms with van der Waals surface area (Å²) in [6.45, 7) is 8.29. The van der Waals surface area contributed by atoms with E-state index in [-0.39, 0.29) is 0 Å². The fraction of sp³-hybridized carbons (Fsp3) is 0.750. The van der Waals surface area contributed by atoms with Crippen molar-refractivity contribution in [2.75, 3.05) is 50.0 Å². The molecule has 0 saturated carbocycles. The third-order valence-corrected chi connectivity index (χ3v) is 4.80. The third-order valence-electron chi connectivity index (χ3n) is 4.80. The van der Waals surface area contributed by atoms with Crippen LogP contribution in [-0.2, 0) is 0 Å². The van der Waals surface area contributed by atoms with Gasteiger partial charge < -0.3 is 15.1 Å². The maximum Gasteiger partial charge on any atom is 0.224 e. The summed E-state index contributed by atoms with van der Waals surface area (Å²) in [6, 6.07) is 0. The van der Waals surface area contributed by atoms with Crippen LogP contribution in [0.3, 0.4) is 0 Å². The Balaban J connectivity index is 1.57. The summed E-state index contributed by atoms with van der Waals surface area (Å²) >= 11 is 0. The van der Waals surface area contributed by atoms with Crippen molar-refractivity contribution >= 4 is 11.8 Å². The molecular formula is C16H27N5. The number of hydrogen-bond acceptors (Lipinski definition) is 5. The first-order chi connectivity index (χ1) is 10.3. The highest BCUT2D eigenvalue weighted by Crippen LogP contribution is 2.26. The Morgan fingerprint density at radius 3 is 2.57 bits per heavy atom. The molecule has 0 aromatic carbocycles. The van der Waals surface area contributed by atoms with Crippen LogP contribution in [0.2, 0.25) is 0 Å². The number of rotatable bonds is 4. The predicted octanol–water partition coefficient (Wildman–Crippen LogP) is 2.14. The van der Waals surface area contributed by atoms with Crippen LogP contribution in [0.15, 0.2) is 6.20 Å². The van der Waals surface area contributed by atoms with E-state index in [1.165, 1.54) is 50.9 Å². The highest BCUT2D eigenvalue weighted by Gasteiger charge is 2.24. The SMILES string of the molecule is CNc1ncc(C)c(N2CCC(CN3CCCC3)CC2)n1. The lowest BCUT2D eigenvalue weighted by atomic mass is 9.96. The summed E-state index contributed by atoms with van der Waals surface area (Å²) in [4.78, 5) is 14.0. The second-order valence-corrected chi connectivity index (χ2v) is 6.39. The number of aromatic nitrogens is 2. The number of nitrogens with zero attached hydrogens (tertiary/aromatic N) is 4. The fourth-order valence-electron chi connectivity index (χ4n) is 3.53. The van der Waals surface area contributed by atoms with Crippen molar-refractivity contribution in [1.82, 2.24) is 14.9 Å². The van der Waals surface area contributed by atoms with Gasteiger partial charge in [0.05, 0.1) is 0 Å². The molecule has 2 aliphatic rings. The van der Waals surface area contributed by atoms with Gasteiger partial charge in [0, 0.05) is 38.4 Å². The van der Waals surface area contributed by atoms with E-state index in [0.29, 0.717) is 0 Å². The van der Waals surface area contributed by atoms with Gasteiger partial charge in [0.25, 0.3) is 0 Å². The Morgan fingerprint density at radius 1 is 1.19 bits per heavy atom. The van der Waals surface area contributed by atoms with Gasteiger partial charge in [-0.15, -0.1) is 0 Å². The maximum absolute atomic E-state index is 4.64. The Hall–Kier alpha value is -1.36. The van der Waals surface area contributed by atoms with E-state index < -0.39 is 0 Å². The van der Waals surface area contributed by atoms with Crippen LogP contribution in [0.1, 0.15) is 31.2 Å². The number of likely N-dealkylation sites (tertiary alicyclic amines) is 1. The van der Waals surface area contributed by atoms with Crippen LogP contribution in [0, 0.1) is 12.8 Å². The van der Waals surface area contributed by atoms with Crippen molar-refractivity contribution in [1.29, 1.82) is 0 Å². The zero-order valence-corrected chi connectivity index (χ0v) is 13.3. The number of hydrogen-bond donors (Lipinski definition) is 1. The lowest BCUT2D eigenvalue weighted by molar-refractivity contribution is 0.249. The summed E-state index contributed by atoms with van der Waals surface area (Å²) < 4.78 is 0. The summed E-state index contributed by atoms with van der Waals surface area (Å²) in [5, 5.41) is 3.04. The molecule has 0 aliphatic carbocycles. The normalized spacial score (nSPS) is 21.0. The minimum atomic E-state index is 0.717. The van der Waals surface area contributed by atoms with E-state index >= 15 is 0 Å². The van der Waals surface area contributed by atoms with Crippen LogP contribution >= 0.6 is 0 Å². The van der Waals surface area contributed by atoms with E-state index in [1.807, 2.05) is 13.2 Å². The van der Waals surface area contributed by atoms with Gasteiger partial charge in [0.1, 0.15) is 5.82 Å². The maximum atomic E-state index is 4.64. The number of anilines is 2. The van der Waals surface area contributed by atoms with Crippen LogP contribution in [0.25, 0.3) is 0 Å². The molecule has 0 amide bonds. The minimum absolute atomic E-state index is 0.717. The predicted molar refractivity (Wildman–Crippen MR) is 86.9 cm³/mol. The van der Waals surface area contributed by atoms with Crippen molar-refractivity contribution in [3.05, 3.63) is 11.8 Å². The fourth-order valence-corrected chi connectivity index (χ4v) is 3.53. The van der Waals surface area contributed by atoms with Gasteiger partial charge in [-0.25, -0.2) is 4.98 Å². The number of piperidine rings is 1. The van der Waals surface area contributed by atoms with Gasteiger partial charge in [0.2, 0.25) is 5.95 Å². The molecule has 1 aromatic heterocycles. The molecule has 21 heavy (non-hydrogen) atoms. The lowest BCUT2D eigenvalue weighted by Gasteiger charge is -2.35. The molecule has 3 rings (SSSR count). The van der Waals surface area contributed by atoms with Crippen molar-refractivity contribution in [2.45, 2.75) is 32.6 Å². The van der Waals surface area contributed by atoms with E-state index in [2.05, 4.69) is 32.0 Å². The molecular weight excluding hydrogens is 262 g/mol. The molecule has 5 heteroatoms. The zero-order valence-electron chi connectivity index (χ0n) is 13.3. The highest BCUT2D eigenvalue weighted by atomic mass is 15.2. The summed E-state index contributed by atoms with van der Waals surface area (Å²) in [6.07, 6.45) is 7.28. The molecule has 2 saturated heterocycles. The zero-order chi connectivity index (χ0) is 14.7. The Morgan fingerprint density at radius 2 is 1.90 bits per heavy atom. The van der Waals surface area contributed by atoms with Crippen LogP contribution < -0.4 is 10.2 Å². The van der Waals surface area contributed by atoms with Crippen molar-refractivity contribution in [2.24, 2.45) is 5.92 Å². The minimum Gasteiger partial charge on any atom is -0.357 e. The van der Waals surface area contributed by atoms with Gasteiger partial charge in [0.15, 0.2) is 0 Å². The van der Waals surface area contributed by atoms with Gasteiger partial charge in [-0.2, -0.15) is 4.98 Å². The molecule has 0 atom stereocenters. The van der Waals surface area contributed by atoms with Gasteiger partial charge in [-0.05, 0) is 51.6 Å². The molecule has 1 aromatic rings. The first-order valence-electron chi connectivity index (χ1n) is 8.25. The average molecular weight is 289 g/mol. The summed E-state index contributed by atoms with van der Waals surface area (Å²) in [7, 11) is 1.87. The van der Waals surface area contributed by atoms with Crippen molar-refractivity contribution < 1.29 is 0 Å². The van der Waals surface area contributed by atoms with E-state index in [1.54, 1.807) is 0 Å². The van der Waals surface area contributed by atoms with Crippen molar-refractivity contribution in [3.63, 3.8) is 0 Å². The summed E-state index contributed by atoms with van der Waals surface area (Å²) in [5.74, 6) is 2.69. The standard InChI is InChI=1S/C16H27N5/c1-13-11-18-16(17-2)19-15(13)21-9-5-14(6-10-21)12-20-7-3-4-8-20/h11,14H,3-10,12H2,1-2H3,(H,17,18,19). The molecule has 5 nitrogen and oxygen atoms in total. The largest absolute Gasteiger partial charge is 0.357 e. The first-order valence-corrected chi connectivity index (χ1v) is 8.25. The van der Waals surface area contributed by atoms with Gasteiger partial charge in [-0.3, -0.25) is 0 Å². The molecule has 0 radical (unpaired) electrons. The van der Waals surface area contributed by atoms with Gasteiger partial charge in [-0.1, -0.05) is 0 Å². The molecule has 2 fully saturated rings. The van der Waals surface area contributed by atoms with Crippen LogP contribution in [0.5, 0.6) is 0 Å². The average Bonchev–Trinajstić information content (AvgIpc) is 3.02. The Labute approximate surface area is 127 Å². The Bertz CT molecular complexity index is 462. The highest BCUT2D eigenvalue weighted by molar-refractivity contribution is 5.49. The topological polar surface area (TPSA) is 44.3 Å². The quantitative estimate of drug-likeness (QED) is 0.920. The van der Waals surface area contributed by atoms with Crippen molar-refractivity contribution in [3.8, 4) is 0 Å². The lowest BCUT2D eigenvalue weighted by Crippen LogP contribution is -2.38. The summed E-state index contributed by atoms with van der Waals surface area (Å²) in [5.41, 5.74) is 1.17. The molecule has 3 heterocycles. The van der Waals surface area contributed by atoms with E-state index in [9.17, 15) is 0 Å². The van der Waals surface area contributed by atoms with E-state index in [4.69, 9.17) is 0 Å². The second-order valence-electron chi connectivity index (χ2n) is 6.39. The monoisotopic (exact) mass is 289 g/mol.